The number of carbonyl (C=O) groups is 1. The predicted octanol–water partition coefficient (Wildman–Crippen LogP) is 7.03. The summed E-state index contributed by atoms with van der Waals surface area (Å²) in [5, 5.41) is 10.3. The molecular weight excluding hydrogens is 550 g/mol. The van der Waals surface area contributed by atoms with Gasteiger partial charge in [-0.05, 0) is 98.3 Å². The summed E-state index contributed by atoms with van der Waals surface area (Å²) in [6.07, 6.45) is 1.26. The second-order valence-corrected chi connectivity index (χ2v) is 9.56. The van der Waals surface area contributed by atoms with E-state index in [1.807, 2.05) is 12.1 Å². The van der Waals surface area contributed by atoms with Crippen LogP contribution >= 0.6 is 40.4 Å². The van der Waals surface area contributed by atoms with Crippen molar-refractivity contribution in [3.05, 3.63) is 85.5 Å². The topological polar surface area (TPSA) is 55.8 Å². The van der Waals surface area contributed by atoms with Crippen LogP contribution in [0, 0.1) is 5.82 Å². The molecule has 0 aliphatic carbocycles. The normalized spacial score (nSPS) is 11.1. The van der Waals surface area contributed by atoms with Gasteiger partial charge in [-0.25, -0.2) is 9.18 Å². The summed E-state index contributed by atoms with van der Waals surface area (Å²) >= 11 is 7.13. The maximum absolute atomic E-state index is 14.2. The molecule has 0 saturated heterocycles. The van der Waals surface area contributed by atoms with Crippen molar-refractivity contribution in [3.8, 4) is 17.2 Å². The molecule has 0 saturated carbocycles. The number of benzene rings is 3. The molecule has 1 unspecified atom stereocenters. The molecule has 162 valence electrons. The number of phenolic OH excluding ortho intramolecular Hbond substituents is 1. The van der Waals surface area contributed by atoms with Gasteiger partial charge in [0.05, 0.1) is 21.6 Å². The Morgan fingerprint density at radius 2 is 1.77 bits per heavy atom. The lowest BCUT2D eigenvalue weighted by Gasteiger charge is -2.14. The van der Waals surface area contributed by atoms with Crippen molar-refractivity contribution in [1.82, 2.24) is 0 Å². The van der Waals surface area contributed by atoms with Gasteiger partial charge in [-0.1, -0.05) is 6.07 Å². The molecular formula is C23H20Br2FO4P. The Labute approximate surface area is 198 Å². The zero-order valence-corrected chi connectivity index (χ0v) is 21.0. The third kappa shape index (κ3) is 5.85. The number of rotatable bonds is 7. The number of hydrogen-bond acceptors (Lipinski definition) is 4. The summed E-state index contributed by atoms with van der Waals surface area (Å²) in [6, 6.07) is 13.2. The molecule has 0 aliphatic heterocycles. The molecule has 8 heteroatoms. The molecule has 0 aliphatic rings. The van der Waals surface area contributed by atoms with E-state index >= 15 is 0 Å². The second-order valence-electron chi connectivity index (χ2n) is 6.79. The van der Waals surface area contributed by atoms with Gasteiger partial charge in [0.15, 0.2) is 5.75 Å². The van der Waals surface area contributed by atoms with Gasteiger partial charge in [0.25, 0.3) is 0 Å². The van der Waals surface area contributed by atoms with Crippen LogP contribution in [-0.4, -0.2) is 24.9 Å². The number of ether oxygens (including phenoxy) is 2. The van der Waals surface area contributed by atoms with E-state index in [0.717, 1.165) is 23.7 Å². The Balaban J connectivity index is 1.85. The third-order valence-corrected chi connectivity index (χ3v) is 6.48. The highest BCUT2D eigenvalue weighted by Crippen LogP contribution is 2.39. The van der Waals surface area contributed by atoms with Gasteiger partial charge >= 0.3 is 5.97 Å². The average molecular weight is 570 g/mol. The molecule has 0 bridgehead atoms. The predicted molar refractivity (Wildman–Crippen MR) is 129 cm³/mol. The Bertz CT molecular complexity index is 1100. The minimum absolute atomic E-state index is 0.0715. The van der Waals surface area contributed by atoms with E-state index in [1.54, 1.807) is 18.2 Å². The number of esters is 1. The quantitative estimate of drug-likeness (QED) is 0.245. The first-order valence-corrected chi connectivity index (χ1v) is 12.6. The van der Waals surface area contributed by atoms with Crippen LogP contribution in [-0.2, 0) is 17.3 Å². The van der Waals surface area contributed by atoms with Gasteiger partial charge in [-0.3, -0.25) is 0 Å². The molecule has 3 aromatic carbocycles. The number of aromatic hydroxyl groups is 1. The molecule has 0 heterocycles. The van der Waals surface area contributed by atoms with Crippen molar-refractivity contribution in [2.45, 2.75) is 12.6 Å². The first-order valence-electron chi connectivity index (χ1n) is 9.31. The van der Waals surface area contributed by atoms with Crippen molar-refractivity contribution in [2.75, 3.05) is 13.8 Å². The maximum atomic E-state index is 14.2. The molecule has 1 N–H and O–H groups in total. The van der Waals surface area contributed by atoms with Gasteiger partial charge in [0.2, 0.25) is 0 Å². The zero-order chi connectivity index (χ0) is 22.5. The number of hydrogen-bond donors (Lipinski definition) is 1. The lowest BCUT2D eigenvalue weighted by Crippen LogP contribution is -2.05. The molecule has 4 nitrogen and oxygen atoms in total. The van der Waals surface area contributed by atoms with Gasteiger partial charge in [0.1, 0.15) is 17.3 Å². The van der Waals surface area contributed by atoms with Crippen molar-refractivity contribution in [2.24, 2.45) is 0 Å². The van der Waals surface area contributed by atoms with Crippen LogP contribution in [0.2, 0.25) is 0 Å². The van der Waals surface area contributed by atoms with Crippen molar-refractivity contribution in [1.29, 1.82) is 0 Å². The molecule has 3 aromatic rings. The van der Waals surface area contributed by atoms with Crippen molar-refractivity contribution in [3.63, 3.8) is 0 Å². The second kappa shape index (κ2) is 10.6. The van der Waals surface area contributed by atoms with Gasteiger partial charge in [-0.2, -0.15) is 0 Å². The fraction of sp³-hybridized carbons (Fsp3) is 0.174. The first-order chi connectivity index (χ1) is 14.8. The number of methoxy groups -OCH3 is 1. The van der Waals surface area contributed by atoms with E-state index in [0.29, 0.717) is 22.6 Å². The van der Waals surface area contributed by atoms with Crippen LogP contribution in [0.25, 0.3) is 0 Å². The Morgan fingerprint density at radius 1 is 1.06 bits per heavy atom. The van der Waals surface area contributed by atoms with E-state index in [2.05, 4.69) is 43.3 Å². The molecule has 0 fully saturated rings. The van der Waals surface area contributed by atoms with Gasteiger partial charge in [-0.15, -0.1) is 8.58 Å². The summed E-state index contributed by atoms with van der Waals surface area (Å²) in [6.45, 7) is 2.15. The van der Waals surface area contributed by atoms with E-state index in [4.69, 9.17) is 4.74 Å². The van der Waals surface area contributed by atoms with Crippen molar-refractivity contribution >= 4 is 46.4 Å². The highest BCUT2D eigenvalue weighted by Gasteiger charge is 2.15. The summed E-state index contributed by atoms with van der Waals surface area (Å²) in [4.78, 5) is 11.6. The number of carbonyl (C=O) groups excluding carboxylic acids is 1. The minimum atomic E-state index is -0.733. The highest BCUT2D eigenvalue weighted by molar-refractivity contribution is 9.11. The van der Waals surface area contributed by atoms with Crippen LogP contribution in [0.4, 0.5) is 4.39 Å². The average Bonchev–Trinajstić information content (AvgIpc) is 2.73. The van der Waals surface area contributed by atoms with Gasteiger partial charge < -0.3 is 14.6 Å². The van der Waals surface area contributed by atoms with Crippen LogP contribution in [0.3, 0.4) is 0 Å². The summed E-state index contributed by atoms with van der Waals surface area (Å²) in [5.41, 5.74) is 2.24. The fourth-order valence-electron chi connectivity index (χ4n) is 3.06. The van der Waals surface area contributed by atoms with Crippen LogP contribution in [0.5, 0.6) is 17.2 Å². The third-order valence-electron chi connectivity index (χ3n) is 4.54. The Hall–Kier alpha value is -1.95. The smallest absolute Gasteiger partial charge is 0.340 e. The van der Waals surface area contributed by atoms with E-state index in [-0.39, 0.29) is 17.7 Å². The van der Waals surface area contributed by atoms with Crippen LogP contribution in [0.1, 0.15) is 27.0 Å². The maximum Gasteiger partial charge on any atom is 0.340 e. The first kappa shape index (κ1) is 23.7. The molecule has 0 spiro atoms. The largest absolute Gasteiger partial charge is 0.508 e. The zero-order valence-electron chi connectivity index (χ0n) is 16.8. The van der Waals surface area contributed by atoms with Crippen LogP contribution in [0.15, 0.2) is 57.5 Å². The van der Waals surface area contributed by atoms with Gasteiger partial charge in [0, 0.05) is 12.0 Å². The lowest BCUT2D eigenvalue weighted by atomic mass is 10.0. The summed E-state index contributed by atoms with van der Waals surface area (Å²) < 4.78 is 26.5. The van der Waals surface area contributed by atoms with E-state index < -0.39 is 11.8 Å². The van der Waals surface area contributed by atoms with E-state index in [1.165, 1.54) is 30.9 Å². The molecule has 0 radical (unpaired) electrons. The molecule has 3 rings (SSSR count). The van der Waals surface area contributed by atoms with Crippen molar-refractivity contribution < 1.29 is 23.8 Å². The SMILES string of the molecule is COC(=O)c1ccc(Cc2cc(Oc3c(Br)cc(CPC)cc3Br)ccc2O)cc1F. The lowest BCUT2D eigenvalue weighted by molar-refractivity contribution is 0.0595. The molecule has 0 amide bonds. The van der Waals surface area contributed by atoms with Crippen LogP contribution < -0.4 is 4.74 Å². The number of phenols is 1. The Morgan fingerprint density at radius 3 is 2.39 bits per heavy atom. The van der Waals surface area contributed by atoms with E-state index in [9.17, 15) is 14.3 Å². The molecule has 0 aromatic heterocycles. The Kier molecular flexibility index (Phi) is 8.09. The summed E-state index contributed by atoms with van der Waals surface area (Å²) in [5.74, 6) is -0.165. The standard InChI is InChI=1S/C23H20Br2FO4P/c1-29-23(28)17-5-3-13(10-20(17)26)7-15-11-16(4-6-21(15)27)30-22-18(24)8-14(12-31-2)9-19(22)25/h3-6,8-11,27,31H,7,12H2,1-2H3. The highest BCUT2D eigenvalue weighted by atomic mass is 79.9. The number of halogens is 3. The molecule has 1 atom stereocenters. The minimum Gasteiger partial charge on any atom is -0.508 e. The fourth-order valence-corrected chi connectivity index (χ4v) is 5.12. The molecule has 31 heavy (non-hydrogen) atoms. The monoisotopic (exact) mass is 568 g/mol. The summed E-state index contributed by atoms with van der Waals surface area (Å²) in [7, 11) is 2.02.